The van der Waals surface area contributed by atoms with Crippen LogP contribution in [0.15, 0.2) is 77.7 Å². The highest BCUT2D eigenvalue weighted by Gasteiger charge is 2.37. The zero-order valence-corrected chi connectivity index (χ0v) is 24.9. The fourth-order valence-electron chi connectivity index (χ4n) is 4.07. The van der Waals surface area contributed by atoms with E-state index < -0.39 is 26.5 Å². The standard InChI is InChI=1S/C30H36N2O8S/c1-29(2,3)23-9-15-26(16-10-23)40-30(4,28(33)38-6)21-22-7-13-25(14-8-22)39-20-19-31(5)41(36,37)27-17-11-24(12-18-27)32(34)35/h7-18H,19-21H2,1-6H3. The summed E-state index contributed by atoms with van der Waals surface area (Å²) in [5, 5.41) is 10.8. The maximum atomic E-state index is 12.8. The Morgan fingerprint density at radius 1 is 0.902 bits per heavy atom. The van der Waals surface area contributed by atoms with E-state index in [0.717, 1.165) is 27.6 Å². The molecule has 3 rings (SSSR count). The molecule has 3 aromatic carbocycles. The number of rotatable bonds is 12. The average Bonchev–Trinajstić information content (AvgIpc) is 2.93. The number of nitrogens with zero attached hydrogens (tertiary/aromatic N) is 2. The molecule has 0 saturated carbocycles. The molecule has 41 heavy (non-hydrogen) atoms. The number of hydrogen-bond acceptors (Lipinski definition) is 8. The second kappa shape index (κ2) is 12.7. The molecule has 0 aromatic heterocycles. The van der Waals surface area contributed by atoms with Gasteiger partial charge in [0, 0.05) is 32.1 Å². The predicted octanol–water partition coefficient (Wildman–Crippen LogP) is 5.15. The van der Waals surface area contributed by atoms with Gasteiger partial charge in [0.1, 0.15) is 18.1 Å². The first-order valence-electron chi connectivity index (χ1n) is 13.0. The normalized spacial score (nSPS) is 13.3. The lowest BCUT2D eigenvalue weighted by Crippen LogP contribution is -2.44. The van der Waals surface area contributed by atoms with Gasteiger partial charge in [0.2, 0.25) is 15.6 Å². The van der Waals surface area contributed by atoms with Crippen molar-refractivity contribution in [3.63, 3.8) is 0 Å². The number of methoxy groups -OCH3 is 1. The Bertz CT molecular complexity index is 1450. The van der Waals surface area contributed by atoms with Crippen molar-refractivity contribution >= 4 is 21.7 Å². The van der Waals surface area contributed by atoms with Crippen LogP contribution in [0, 0.1) is 10.1 Å². The Morgan fingerprint density at radius 2 is 1.46 bits per heavy atom. The van der Waals surface area contributed by atoms with Crippen molar-refractivity contribution in [1.29, 1.82) is 0 Å². The van der Waals surface area contributed by atoms with Crippen molar-refractivity contribution in [2.24, 2.45) is 0 Å². The number of carbonyl (C=O) groups excluding carboxylic acids is 1. The second-order valence-corrected chi connectivity index (χ2v) is 12.9. The minimum atomic E-state index is -3.84. The van der Waals surface area contributed by atoms with E-state index in [4.69, 9.17) is 14.2 Å². The second-order valence-electron chi connectivity index (χ2n) is 10.8. The summed E-state index contributed by atoms with van der Waals surface area (Å²) in [5.41, 5.74) is 0.497. The third kappa shape index (κ3) is 8.05. The first-order chi connectivity index (χ1) is 19.2. The van der Waals surface area contributed by atoms with Crippen molar-refractivity contribution in [2.45, 2.75) is 50.0 Å². The molecular weight excluding hydrogens is 548 g/mol. The van der Waals surface area contributed by atoms with Gasteiger partial charge in [-0.2, -0.15) is 4.31 Å². The van der Waals surface area contributed by atoms with Crippen LogP contribution in [0.4, 0.5) is 5.69 Å². The predicted molar refractivity (Wildman–Crippen MR) is 155 cm³/mol. The van der Waals surface area contributed by atoms with E-state index in [1.54, 1.807) is 31.2 Å². The van der Waals surface area contributed by atoms with Gasteiger partial charge in [-0.05, 0) is 59.9 Å². The van der Waals surface area contributed by atoms with Crippen LogP contribution < -0.4 is 9.47 Å². The van der Waals surface area contributed by atoms with Gasteiger partial charge in [-0.15, -0.1) is 0 Å². The summed E-state index contributed by atoms with van der Waals surface area (Å²) in [5.74, 6) is 0.571. The van der Waals surface area contributed by atoms with Crippen LogP contribution in [-0.2, 0) is 31.4 Å². The summed E-state index contributed by atoms with van der Waals surface area (Å²) >= 11 is 0. The lowest BCUT2D eigenvalue weighted by molar-refractivity contribution is -0.384. The molecule has 0 amide bonds. The smallest absolute Gasteiger partial charge is 0.350 e. The molecule has 3 aromatic rings. The molecule has 1 atom stereocenters. The van der Waals surface area contributed by atoms with E-state index in [1.165, 1.54) is 26.3 Å². The van der Waals surface area contributed by atoms with Gasteiger partial charge in [-0.1, -0.05) is 45.0 Å². The van der Waals surface area contributed by atoms with Crippen LogP contribution in [-0.4, -0.2) is 56.5 Å². The van der Waals surface area contributed by atoms with Gasteiger partial charge >= 0.3 is 5.97 Å². The number of nitro benzene ring substituents is 1. The van der Waals surface area contributed by atoms with Crippen LogP contribution >= 0.6 is 0 Å². The van der Waals surface area contributed by atoms with Gasteiger partial charge in [-0.3, -0.25) is 10.1 Å². The van der Waals surface area contributed by atoms with E-state index in [9.17, 15) is 23.3 Å². The SMILES string of the molecule is COC(=O)C(C)(Cc1ccc(OCCN(C)S(=O)(=O)c2ccc([N+](=O)[O-])cc2)cc1)Oc1ccc(C(C)(C)C)cc1. The highest BCUT2D eigenvalue weighted by molar-refractivity contribution is 7.89. The van der Waals surface area contributed by atoms with Gasteiger partial charge in [-0.25, -0.2) is 13.2 Å². The molecule has 11 heteroatoms. The molecule has 1 unspecified atom stereocenters. The zero-order valence-electron chi connectivity index (χ0n) is 24.1. The molecule has 0 saturated heterocycles. The third-order valence-corrected chi connectivity index (χ3v) is 8.45. The lowest BCUT2D eigenvalue weighted by atomic mass is 9.87. The number of carbonyl (C=O) groups is 1. The van der Waals surface area contributed by atoms with E-state index in [0.29, 0.717) is 11.5 Å². The quantitative estimate of drug-likeness (QED) is 0.163. The Hall–Kier alpha value is -3.96. The van der Waals surface area contributed by atoms with E-state index in [-0.39, 0.29) is 35.6 Å². The lowest BCUT2D eigenvalue weighted by Gasteiger charge is -2.28. The molecule has 0 aliphatic rings. The largest absolute Gasteiger partial charge is 0.492 e. The number of hydrogen-bond donors (Lipinski definition) is 0. The van der Waals surface area contributed by atoms with Gasteiger partial charge in [0.25, 0.3) is 5.69 Å². The van der Waals surface area contributed by atoms with Crippen LogP contribution in [0.1, 0.15) is 38.8 Å². The summed E-state index contributed by atoms with van der Waals surface area (Å²) in [6.45, 7) is 8.19. The van der Waals surface area contributed by atoms with Crippen LogP contribution in [0.5, 0.6) is 11.5 Å². The van der Waals surface area contributed by atoms with Crippen molar-refractivity contribution in [3.05, 3.63) is 94.0 Å². The zero-order chi connectivity index (χ0) is 30.4. The van der Waals surface area contributed by atoms with E-state index in [2.05, 4.69) is 20.8 Å². The molecule has 0 aliphatic heterocycles. The van der Waals surface area contributed by atoms with Gasteiger partial charge in [0.05, 0.1) is 16.9 Å². The Labute approximate surface area is 241 Å². The Balaban J connectivity index is 1.61. The average molecular weight is 585 g/mol. The number of nitro groups is 1. The number of ether oxygens (including phenoxy) is 3. The molecular formula is C30H36N2O8S. The van der Waals surface area contributed by atoms with Gasteiger partial charge in [0.15, 0.2) is 0 Å². The van der Waals surface area contributed by atoms with Crippen LogP contribution in [0.2, 0.25) is 0 Å². The molecule has 220 valence electrons. The third-order valence-electron chi connectivity index (χ3n) is 6.58. The molecule has 0 N–H and O–H groups in total. The molecule has 0 spiro atoms. The number of esters is 1. The van der Waals surface area contributed by atoms with E-state index in [1.807, 2.05) is 24.3 Å². The molecule has 0 aliphatic carbocycles. The van der Waals surface area contributed by atoms with Crippen LogP contribution in [0.25, 0.3) is 0 Å². The summed E-state index contributed by atoms with van der Waals surface area (Å²) in [7, 11) is -1.10. The number of benzene rings is 3. The van der Waals surface area contributed by atoms with Crippen molar-refractivity contribution in [1.82, 2.24) is 4.31 Å². The first-order valence-corrected chi connectivity index (χ1v) is 14.4. The minimum Gasteiger partial charge on any atom is -0.492 e. The highest BCUT2D eigenvalue weighted by atomic mass is 32.2. The summed E-state index contributed by atoms with van der Waals surface area (Å²) in [4.78, 5) is 22.9. The topological polar surface area (TPSA) is 125 Å². The first kappa shape index (κ1) is 31.6. The monoisotopic (exact) mass is 584 g/mol. The Kier molecular flexibility index (Phi) is 9.77. The molecule has 0 fully saturated rings. The van der Waals surface area contributed by atoms with Gasteiger partial charge < -0.3 is 14.2 Å². The van der Waals surface area contributed by atoms with Crippen LogP contribution in [0.3, 0.4) is 0 Å². The highest BCUT2D eigenvalue weighted by Crippen LogP contribution is 2.28. The van der Waals surface area contributed by atoms with E-state index >= 15 is 0 Å². The molecule has 0 bridgehead atoms. The molecule has 0 heterocycles. The number of non-ortho nitro benzene ring substituents is 1. The molecule has 0 radical (unpaired) electrons. The summed E-state index contributed by atoms with van der Waals surface area (Å²) in [6.07, 6.45) is 0.247. The fraction of sp³-hybridized carbons (Fsp3) is 0.367. The number of likely N-dealkylation sites (N-methyl/N-ethyl adjacent to an activating group) is 1. The maximum Gasteiger partial charge on any atom is 0.350 e. The minimum absolute atomic E-state index is 0.00908. The fourth-order valence-corrected chi connectivity index (χ4v) is 5.23. The molecule has 10 nitrogen and oxygen atoms in total. The summed E-state index contributed by atoms with van der Waals surface area (Å²) in [6, 6.07) is 19.4. The van der Waals surface area contributed by atoms with Crippen molar-refractivity contribution in [3.8, 4) is 11.5 Å². The van der Waals surface area contributed by atoms with Crippen molar-refractivity contribution in [2.75, 3.05) is 27.3 Å². The Morgan fingerprint density at radius 3 is 1.98 bits per heavy atom. The number of sulfonamides is 1. The maximum absolute atomic E-state index is 12.8. The van der Waals surface area contributed by atoms with Crippen molar-refractivity contribution < 1.29 is 32.3 Å². The summed E-state index contributed by atoms with van der Waals surface area (Å²) < 4.78 is 43.5.